The van der Waals surface area contributed by atoms with Crippen LogP contribution in [0.1, 0.15) is 0 Å². The van der Waals surface area contributed by atoms with Crippen molar-refractivity contribution in [3.8, 4) is 0 Å². The minimum atomic E-state index is -1.87. The summed E-state index contributed by atoms with van der Waals surface area (Å²) in [6.45, 7) is -0.595. The summed E-state index contributed by atoms with van der Waals surface area (Å²) in [5.41, 5.74) is -1.87. The highest BCUT2D eigenvalue weighted by molar-refractivity contribution is 5.10. The number of ether oxygens (including phenoxy) is 3. The van der Waals surface area contributed by atoms with Crippen LogP contribution in [0.5, 0.6) is 0 Å². The van der Waals surface area contributed by atoms with Crippen LogP contribution in [0.2, 0.25) is 0 Å². The van der Waals surface area contributed by atoms with E-state index in [0.717, 1.165) is 0 Å². The Bertz CT molecular complexity index is 260. The molecule has 7 nitrogen and oxygen atoms in total. The van der Waals surface area contributed by atoms with Crippen LogP contribution in [0, 0.1) is 0 Å². The predicted octanol–water partition coefficient (Wildman–Crippen LogP) is -2.80. The van der Waals surface area contributed by atoms with Crippen LogP contribution in [0.3, 0.4) is 0 Å². The second-order valence-corrected chi connectivity index (χ2v) is 4.06. The van der Waals surface area contributed by atoms with Gasteiger partial charge in [0.05, 0.1) is 13.2 Å². The third-order valence-electron chi connectivity index (χ3n) is 3.22. The summed E-state index contributed by atoms with van der Waals surface area (Å²) in [6, 6.07) is 0. The average Bonchev–Trinajstić information content (AvgIpc) is 2.59. The third-order valence-corrected chi connectivity index (χ3v) is 3.22. The molecule has 0 aliphatic carbocycles. The van der Waals surface area contributed by atoms with E-state index in [1.807, 2.05) is 0 Å². The van der Waals surface area contributed by atoms with E-state index in [0.29, 0.717) is 0 Å². The number of aliphatic hydroxyl groups excluding tert-OH is 3. The molecule has 94 valence electrons. The topological polar surface area (TPSA) is 109 Å². The van der Waals surface area contributed by atoms with Gasteiger partial charge in [-0.15, -0.1) is 0 Å². The Morgan fingerprint density at radius 1 is 1.44 bits per heavy atom. The number of hydrogen-bond donors (Lipinski definition) is 4. The summed E-state index contributed by atoms with van der Waals surface area (Å²) in [7, 11) is 1.35. The molecular formula is C9H16O7. The molecule has 0 radical (unpaired) electrons. The van der Waals surface area contributed by atoms with E-state index in [9.17, 15) is 15.3 Å². The van der Waals surface area contributed by atoms with Gasteiger partial charge in [-0.3, -0.25) is 0 Å². The molecule has 0 saturated carbocycles. The molecule has 0 aromatic rings. The Hall–Kier alpha value is -0.280. The van der Waals surface area contributed by atoms with E-state index in [1.54, 1.807) is 0 Å². The lowest BCUT2D eigenvalue weighted by atomic mass is 9.82. The fraction of sp³-hybridized carbons (Fsp3) is 1.00. The molecule has 0 amide bonds. The van der Waals surface area contributed by atoms with E-state index < -0.39 is 42.9 Å². The zero-order chi connectivity index (χ0) is 11.9. The van der Waals surface area contributed by atoms with Gasteiger partial charge in [0.15, 0.2) is 11.9 Å². The Balaban J connectivity index is 2.29. The molecule has 2 aliphatic heterocycles. The normalized spacial score (nSPS) is 52.7. The van der Waals surface area contributed by atoms with E-state index in [1.165, 1.54) is 7.11 Å². The maximum absolute atomic E-state index is 10.3. The average molecular weight is 236 g/mol. The van der Waals surface area contributed by atoms with Crippen molar-refractivity contribution >= 4 is 0 Å². The summed E-state index contributed by atoms with van der Waals surface area (Å²) < 4.78 is 15.3. The lowest BCUT2D eigenvalue weighted by Crippen LogP contribution is -2.69. The standard InChI is InChI=1S/C9H16O7/c1-14-8-7-9(13,5(11)3-15-7)6(12)4(2-10)16-8/h4-8,10-13H,2-3H2,1H3/t4-,5+,6-,7+,8+,9+/m1/s1. The molecule has 2 saturated heterocycles. The van der Waals surface area contributed by atoms with Crippen molar-refractivity contribution in [2.75, 3.05) is 20.3 Å². The minimum absolute atomic E-state index is 0.112. The zero-order valence-corrected chi connectivity index (χ0v) is 8.81. The lowest BCUT2D eigenvalue weighted by molar-refractivity contribution is -0.321. The van der Waals surface area contributed by atoms with Gasteiger partial charge in [0.1, 0.15) is 24.4 Å². The second-order valence-electron chi connectivity index (χ2n) is 4.06. The van der Waals surface area contributed by atoms with Crippen molar-refractivity contribution < 1.29 is 34.6 Å². The molecule has 0 unspecified atom stereocenters. The SMILES string of the molecule is CO[C@H]1O[C@H](CO)[C@@H](O)[C@@]2(O)[C@@H](O)CO[C@@H]12. The Morgan fingerprint density at radius 2 is 2.12 bits per heavy atom. The van der Waals surface area contributed by atoms with Crippen LogP contribution in [-0.4, -0.2) is 77.1 Å². The molecule has 6 atom stereocenters. The molecule has 16 heavy (non-hydrogen) atoms. The summed E-state index contributed by atoms with van der Waals surface area (Å²) in [6.07, 6.45) is -5.56. The molecule has 4 N–H and O–H groups in total. The summed E-state index contributed by atoms with van der Waals surface area (Å²) >= 11 is 0. The molecular weight excluding hydrogens is 220 g/mol. The van der Waals surface area contributed by atoms with Crippen molar-refractivity contribution in [3.05, 3.63) is 0 Å². The van der Waals surface area contributed by atoms with Crippen molar-refractivity contribution in [1.29, 1.82) is 0 Å². The fourth-order valence-electron chi connectivity index (χ4n) is 2.25. The van der Waals surface area contributed by atoms with Gasteiger partial charge in [0.2, 0.25) is 0 Å². The fourth-order valence-corrected chi connectivity index (χ4v) is 2.25. The molecule has 0 aromatic carbocycles. The molecule has 2 rings (SSSR count). The van der Waals surface area contributed by atoms with Gasteiger partial charge in [-0.05, 0) is 0 Å². The molecule has 2 heterocycles. The summed E-state index contributed by atoms with van der Waals surface area (Å²) in [5.74, 6) is 0. The van der Waals surface area contributed by atoms with Crippen molar-refractivity contribution in [1.82, 2.24) is 0 Å². The summed E-state index contributed by atoms with van der Waals surface area (Å²) in [5, 5.41) is 38.8. The number of rotatable bonds is 2. The van der Waals surface area contributed by atoms with Crippen molar-refractivity contribution in [2.45, 2.75) is 36.3 Å². The van der Waals surface area contributed by atoms with Gasteiger partial charge in [0.25, 0.3) is 0 Å². The van der Waals surface area contributed by atoms with Crippen molar-refractivity contribution in [3.63, 3.8) is 0 Å². The Kier molecular flexibility index (Phi) is 3.19. The van der Waals surface area contributed by atoms with Gasteiger partial charge in [0, 0.05) is 7.11 Å². The van der Waals surface area contributed by atoms with Crippen LogP contribution < -0.4 is 0 Å². The monoisotopic (exact) mass is 236 g/mol. The van der Waals surface area contributed by atoms with Gasteiger partial charge >= 0.3 is 0 Å². The smallest absolute Gasteiger partial charge is 0.186 e. The molecule has 2 aliphatic rings. The molecule has 7 heteroatoms. The predicted molar refractivity (Wildman–Crippen MR) is 49.5 cm³/mol. The highest BCUT2D eigenvalue weighted by atomic mass is 16.7. The van der Waals surface area contributed by atoms with Crippen LogP contribution in [0.25, 0.3) is 0 Å². The Labute approximate surface area is 92.2 Å². The van der Waals surface area contributed by atoms with E-state index in [4.69, 9.17) is 19.3 Å². The van der Waals surface area contributed by atoms with Crippen molar-refractivity contribution in [2.24, 2.45) is 0 Å². The molecule has 2 fully saturated rings. The minimum Gasteiger partial charge on any atom is -0.394 e. The first-order valence-corrected chi connectivity index (χ1v) is 5.05. The number of fused-ring (bicyclic) bond motifs is 1. The first kappa shape index (κ1) is 12.2. The highest BCUT2D eigenvalue weighted by Crippen LogP contribution is 2.39. The molecule has 0 bridgehead atoms. The Morgan fingerprint density at radius 3 is 2.69 bits per heavy atom. The van der Waals surface area contributed by atoms with Crippen LogP contribution >= 0.6 is 0 Å². The van der Waals surface area contributed by atoms with Crippen LogP contribution in [0.15, 0.2) is 0 Å². The van der Waals surface area contributed by atoms with Gasteiger partial charge in [-0.2, -0.15) is 0 Å². The molecule has 0 spiro atoms. The number of aliphatic hydroxyl groups is 4. The summed E-state index contributed by atoms with van der Waals surface area (Å²) in [4.78, 5) is 0. The van der Waals surface area contributed by atoms with Crippen LogP contribution in [0.4, 0.5) is 0 Å². The molecule has 0 aromatic heterocycles. The quantitative estimate of drug-likeness (QED) is 0.410. The third kappa shape index (κ3) is 1.48. The van der Waals surface area contributed by atoms with E-state index in [-0.39, 0.29) is 6.61 Å². The number of hydrogen-bond acceptors (Lipinski definition) is 7. The second kappa shape index (κ2) is 4.19. The lowest BCUT2D eigenvalue weighted by Gasteiger charge is -2.46. The highest BCUT2D eigenvalue weighted by Gasteiger charge is 2.63. The van der Waals surface area contributed by atoms with Gasteiger partial charge in [-0.25, -0.2) is 0 Å². The van der Waals surface area contributed by atoms with E-state index in [2.05, 4.69) is 0 Å². The van der Waals surface area contributed by atoms with Gasteiger partial charge < -0.3 is 34.6 Å². The maximum Gasteiger partial charge on any atom is 0.186 e. The first-order valence-electron chi connectivity index (χ1n) is 5.05. The van der Waals surface area contributed by atoms with E-state index >= 15 is 0 Å². The van der Waals surface area contributed by atoms with Crippen LogP contribution in [-0.2, 0) is 14.2 Å². The zero-order valence-electron chi connectivity index (χ0n) is 8.81. The number of methoxy groups -OCH3 is 1. The van der Waals surface area contributed by atoms with Gasteiger partial charge in [-0.1, -0.05) is 0 Å². The largest absolute Gasteiger partial charge is 0.394 e. The first-order chi connectivity index (χ1) is 7.55. The maximum atomic E-state index is 10.3.